The first-order chi connectivity index (χ1) is 9.23. The number of amides is 1. The smallest absolute Gasteiger partial charge is 0.234 e. The summed E-state index contributed by atoms with van der Waals surface area (Å²) in [6.45, 7) is 6.63. The number of nitrogens with one attached hydrogen (secondary N) is 1. The molecule has 1 aliphatic heterocycles. The first-order valence-electron chi connectivity index (χ1n) is 7.16. The molecule has 1 fully saturated rings. The Hall–Kier alpha value is -1.42. The van der Waals surface area contributed by atoms with Crippen molar-refractivity contribution in [1.29, 1.82) is 0 Å². The lowest BCUT2D eigenvalue weighted by molar-refractivity contribution is -0.127. The quantitative estimate of drug-likeness (QED) is 0.884. The van der Waals surface area contributed by atoms with Gasteiger partial charge in [0, 0.05) is 31.2 Å². The summed E-state index contributed by atoms with van der Waals surface area (Å²) >= 11 is 0. The molecule has 4 heteroatoms. The zero-order valence-electron chi connectivity index (χ0n) is 11.9. The monoisotopic (exact) mass is 261 g/mol. The third-order valence-corrected chi connectivity index (χ3v) is 3.96. The number of aromatic nitrogens is 1. The number of carbonyl (C=O) groups is 1. The molecule has 0 radical (unpaired) electrons. The van der Waals surface area contributed by atoms with E-state index in [1.54, 1.807) is 12.4 Å². The van der Waals surface area contributed by atoms with E-state index in [2.05, 4.69) is 17.2 Å². The van der Waals surface area contributed by atoms with Crippen molar-refractivity contribution >= 4 is 11.6 Å². The minimum Gasteiger partial charge on any atom is -0.316 e. The van der Waals surface area contributed by atoms with Crippen molar-refractivity contribution in [3.05, 3.63) is 24.5 Å². The van der Waals surface area contributed by atoms with Gasteiger partial charge in [-0.05, 0) is 38.4 Å². The van der Waals surface area contributed by atoms with Gasteiger partial charge in [0.25, 0.3) is 0 Å². The van der Waals surface area contributed by atoms with E-state index in [0.717, 1.165) is 38.0 Å². The minimum atomic E-state index is -0.214. The SMILES string of the molecule is CCCC1(C(=O)N(CC)c2ccncc2)CCNC1. The molecule has 19 heavy (non-hydrogen) atoms. The lowest BCUT2D eigenvalue weighted by Crippen LogP contribution is -2.45. The molecule has 0 bridgehead atoms. The third-order valence-electron chi connectivity index (χ3n) is 3.96. The van der Waals surface area contributed by atoms with E-state index in [-0.39, 0.29) is 11.3 Å². The largest absolute Gasteiger partial charge is 0.316 e. The van der Waals surface area contributed by atoms with Crippen molar-refractivity contribution in [2.24, 2.45) is 5.41 Å². The van der Waals surface area contributed by atoms with Crippen LogP contribution in [-0.4, -0.2) is 30.5 Å². The fraction of sp³-hybridized carbons (Fsp3) is 0.600. The van der Waals surface area contributed by atoms with E-state index < -0.39 is 0 Å². The standard InChI is InChI=1S/C15H23N3O/c1-3-7-15(8-11-17-12-15)14(19)18(4-2)13-5-9-16-10-6-13/h5-6,9-10,17H,3-4,7-8,11-12H2,1-2H3. The summed E-state index contributed by atoms with van der Waals surface area (Å²) in [4.78, 5) is 18.9. The number of carbonyl (C=O) groups excluding carboxylic acids is 1. The Kier molecular flexibility index (Phi) is 4.53. The van der Waals surface area contributed by atoms with Crippen LogP contribution >= 0.6 is 0 Å². The number of nitrogens with zero attached hydrogens (tertiary/aromatic N) is 2. The van der Waals surface area contributed by atoms with Crippen molar-refractivity contribution in [3.63, 3.8) is 0 Å². The number of hydrogen-bond acceptors (Lipinski definition) is 3. The van der Waals surface area contributed by atoms with E-state index in [1.807, 2.05) is 24.0 Å². The molecule has 4 nitrogen and oxygen atoms in total. The van der Waals surface area contributed by atoms with Crippen LogP contribution in [0.25, 0.3) is 0 Å². The summed E-state index contributed by atoms with van der Waals surface area (Å²) in [6, 6.07) is 3.81. The van der Waals surface area contributed by atoms with Gasteiger partial charge in [0.05, 0.1) is 5.41 Å². The number of pyridine rings is 1. The molecule has 2 heterocycles. The maximum absolute atomic E-state index is 13.0. The van der Waals surface area contributed by atoms with Crippen LogP contribution < -0.4 is 10.2 Å². The van der Waals surface area contributed by atoms with Crippen LogP contribution in [0.4, 0.5) is 5.69 Å². The van der Waals surface area contributed by atoms with E-state index >= 15 is 0 Å². The van der Waals surface area contributed by atoms with Crippen molar-refractivity contribution in [1.82, 2.24) is 10.3 Å². The second-order valence-corrected chi connectivity index (χ2v) is 5.21. The Morgan fingerprint density at radius 1 is 1.42 bits per heavy atom. The second-order valence-electron chi connectivity index (χ2n) is 5.21. The molecule has 0 spiro atoms. The lowest BCUT2D eigenvalue weighted by atomic mass is 9.81. The third kappa shape index (κ3) is 2.78. The van der Waals surface area contributed by atoms with Gasteiger partial charge in [0.1, 0.15) is 0 Å². The van der Waals surface area contributed by atoms with Crippen molar-refractivity contribution in [2.75, 3.05) is 24.5 Å². The van der Waals surface area contributed by atoms with Crippen LogP contribution in [0.2, 0.25) is 0 Å². The highest BCUT2D eigenvalue weighted by Crippen LogP contribution is 2.34. The molecule has 1 saturated heterocycles. The highest BCUT2D eigenvalue weighted by Gasteiger charge is 2.42. The van der Waals surface area contributed by atoms with Crippen molar-refractivity contribution in [2.45, 2.75) is 33.1 Å². The van der Waals surface area contributed by atoms with Gasteiger partial charge >= 0.3 is 0 Å². The summed E-state index contributed by atoms with van der Waals surface area (Å²) in [7, 11) is 0. The molecule has 1 aromatic rings. The van der Waals surface area contributed by atoms with Crippen LogP contribution in [0.1, 0.15) is 33.1 Å². The molecule has 1 N–H and O–H groups in total. The maximum atomic E-state index is 13.0. The summed E-state index contributed by atoms with van der Waals surface area (Å²) in [5.41, 5.74) is 0.735. The molecular weight excluding hydrogens is 238 g/mol. The predicted octanol–water partition coefficient (Wildman–Crippen LogP) is 2.21. The van der Waals surface area contributed by atoms with Gasteiger partial charge in [-0.2, -0.15) is 0 Å². The fourth-order valence-corrected chi connectivity index (χ4v) is 2.98. The van der Waals surface area contributed by atoms with E-state index in [4.69, 9.17) is 0 Å². The molecule has 2 rings (SSSR count). The van der Waals surface area contributed by atoms with Gasteiger partial charge in [0.15, 0.2) is 0 Å². The van der Waals surface area contributed by atoms with Crippen molar-refractivity contribution in [3.8, 4) is 0 Å². The second kappa shape index (κ2) is 6.15. The van der Waals surface area contributed by atoms with Gasteiger partial charge in [0.2, 0.25) is 5.91 Å². The van der Waals surface area contributed by atoms with Crippen LogP contribution in [0.3, 0.4) is 0 Å². The lowest BCUT2D eigenvalue weighted by Gasteiger charge is -2.33. The molecule has 1 aliphatic rings. The maximum Gasteiger partial charge on any atom is 0.234 e. The Labute approximate surface area is 115 Å². The Balaban J connectivity index is 2.24. The molecule has 1 aromatic heterocycles. The zero-order valence-corrected chi connectivity index (χ0v) is 11.9. The molecular formula is C15H23N3O. The first-order valence-corrected chi connectivity index (χ1v) is 7.16. The summed E-state index contributed by atoms with van der Waals surface area (Å²) < 4.78 is 0. The zero-order chi connectivity index (χ0) is 13.7. The van der Waals surface area contributed by atoms with Gasteiger partial charge in [-0.25, -0.2) is 0 Å². The molecule has 0 aromatic carbocycles. The molecule has 0 aliphatic carbocycles. The van der Waals surface area contributed by atoms with Crippen LogP contribution in [0.5, 0.6) is 0 Å². The molecule has 104 valence electrons. The predicted molar refractivity (Wildman–Crippen MR) is 77.1 cm³/mol. The number of anilines is 1. The summed E-state index contributed by atoms with van der Waals surface area (Å²) in [6.07, 6.45) is 6.43. The highest BCUT2D eigenvalue weighted by molar-refractivity contribution is 5.97. The van der Waals surface area contributed by atoms with E-state index in [1.165, 1.54) is 0 Å². The molecule has 1 amide bonds. The average molecular weight is 261 g/mol. The summed E-state index contributed by atoms with van der Waals surface area (Å²) in [5, 5.41) is 3.35. The highest BCUT2D eigenvalue weighted by atomic mass is 16.2. The first kappa shape index (κ1) is 14.0. The van der Waals surface area contributed by atoms with Crippen LogP contribution in [-0.2, 0) is 4.79 Å². The van der Waals surface area contributed by atoms with E-state index in [9.17, 15) is 4.79 Å². The van der Waals surface area contributed by atoms with E-state index in [0.29, 0.717) is 6.54 Å². The minimum absolute atomic E-state index is 0.214. The topological polar surface area (TPSA) is 45.2 Å². The Bertz CT molecular complexity index is 413. The Morgan fingerprint density at radius 2 is 2.16 bits per heavy atom. The number of rotatable bonds is 5. The van der Waals surface area contributed by atoms with Crippen LogP contribution in [0, 0.1) is 5.41 Å². The van der Waals surface area contributed by atoms with Gasteiger partial charge in [-0.15, -0.1) is 0 Å². The van der Waals surface area contributed by atoms with Gasteiger partial charge in [-0.1, -0.05) is 13.3 Å². The van der Waals surface area contributed by atoms with Crippen molar-refractivity contribution < 1.29 is 4.79 Å². The normalized spacial score (nSPS) is 22.4. The van der Waals surface area contributed by atoms with Gasteiger partial charge < -0.3 is 10.2 Å². The molecule has 1 unspecified atom stereocenters. The van der Waals surface area contributed by atoms with Crippen LogP contribution in [0.15, 0.2) is 24.5 Å². The summed E-state index contributed by atoms with van der Waals surface area (Å²) in [5.74, 6) is 0.257. The number of hydrogen-bond donors (Lipinski definition) is 1. The van der Waals surface area contributed by atoms with Gasteiger partial charge in [-0.3, -0.25) is 9.78 Å². The fourth-order valence-electron chi connectivity index (χ4n) is 2.98. The Morgan fingerprint density at radius 3 is 2.68 bits per heavy atom. The average Bonchev–Trinajstić information content (AvgIpc) is 2.91. The molecule has 1 atom stereocenters. The molecule has 0 saturated carbocycles.